The Morgan fingerprint density at radius 3 is 1.42 bits per heavy atom. The smallest absolute Gasteiger partial charge is 0.320 e. The fraction of sp³-hybridized carbons (Fsp3) is 0.727. The first-order chi connectivity index (χ1) is 17.0. The van der Waals surface area contributed by atoms with E-state index in [4.69, 9.17) is 21.7 Å². The Balaban J connectivity index is 2.15. The van der Waals surface area contributed by atoms with Crippen molar-refractivity contribution in [3.63, 3.8) is 0 Å². The average molecular weight is 515 g/mol. The summed E-state index contributed by atoms with van der Waals surface area (Å²) in [6, 6.07) is -3.43. The van der Waals surface area contributed by atoms with E-state index >= 15 is 0 Å². The molecule has 0 aromatic heterocycles. The maximum atomic E-state index is 12.3. The van der Waals surface area contributed by atoms with Crippen LogP contribution >= 0.6 is 0 Å². The van der Waals surface area contributed by atoms with E-state index in [-0.39, 0.29) is 49.3 Å². The SMILES string of the molecule is N[C@@H](CCC(=O)NCCCCC1NC(=O)C(CCCCNC(=O)CC[C@H](N)C(=O)O)NC1=O)C(=O)O. The molecule has 1 saturated heterocycles. The monoisotopic (exact) mass is 514 g/mol. The number of carbonyl (C=O) groups is 6. The number of nitrogens with two attached hydrogens (primary N) is 2. The van der Waals surface area contributed by atoms with E-state index < -0.39 is 36.1 Å². The second kappa shape index (κ2) is 16.4. The van der Waals surface area contributed by atoms with Gasteiger partial charge in [0.15, 0.2) is 0 Å². The molecule has 0 saturated carbocycles. The molecule has 14 heteroatoms. The molecule has 2 unspecified atom stereocenters. The van der Waals surface area contributed by atoms with Gasteiger partial charge in [-0.15, -0.1) is 0 Å². The van der Waals surface area contributed by atoms with Crippen molar-refractivity contribution in [1.29, 1.82) is 0 Å². The van der Waals surface area contributed by atoms with Crippen molar-refractivity contribution in [2.24, 2.45) is 11.5 Å². The van der Waals surface area contributed by atoms with E-state index in [1.807, 2.05) is 0 Å². The summed E-state index contributed by atoms with van der Waals surface area (Å²) in [5.74, 6) is -3.43. The zero-order valence-corrected chi connectivity index (χ0v) is 20.3. The Kier molecular flexibility index (Phi) is 14.0. The summed E-state index contributed by atoms with van der Waals surface area (Å²) in [5, 5.41) is 28.2. The predicted octanol–water partition coefficient (Wildman–Crippen LogP) is -2.07. The number of rotatable bonds is 18. The molecule has 10 N–H and O–H groups in total. The molecule has 1 fully saturated rings. The van der Waals surface area contributed by atoms with Crippen LogP contribution in [0.25, 0.3) is 0 Å². The van der Waals surface area contributed by atoms with Gasteiger partial charge in [0.25, 0.3) is 0 Å². The van der Waals surface area contributed by atoms with Crippen molar-refractivity contribution < 1.29 is 39.0 Å². The van der Waals surface area contributed by atoms with E-state index in [0.29, 0.717) is 51.6 Å². The summed E-state index contributed by atoms with van der Waals surface area (Å²) in [6.07, 6.45) is 3.34. The van der Waals surface area contributed by atoms with E-state index in [2.05, 4.69) is 21.3 Å². The highest BCUT2D eigenvalue weighted by molar-refractivity contribution is 5.96. The summed E-state index contributed by atoms with van der Waals surface area (Å²) >= 11 is 0. The number of amides is 4. The Hall–Kier alpha value is -3.26. The third kappa shape index (κ3) is 12.4. The summed E-state index contributed by atoms with van der Waals surface area (Å²) in [7, 11) is 0. The molecule has 1 aliphatic heterocycles. The Bertz CT molecular complexity index is 729. The van der Waals surface area contributed by atoms with Gasteiger partial charge in [-0.25, -0.2) is 0 Å². The first-order valence-electron chi connectivity index (χ1n) is 12.1. The lowest BCUT2D eigenvalue weighted by atomic mass is 10.0. The molecule has 0 spiro atoms. The molecule has 0 aromatic rings. The van der Waals surface area contributed by atoms with Gasteiger partial charge in [0.05, 0.1) is 0 Å². The number of nitrogens with one attached hydrogen (secondary N) is 4. The van der Waals surface area contributed by atoms with Crippen LogP contribution in [0.15, 0.2) is 0 Å². The standard InChI is InChI=1S/C22H38N6O8/c23-13(21(33)34)7-9-17(29)25-11-3-1-5-15-19(31)28-16(20(32)27-15)6-2-4-12-26-18(30)10-8-14(24)22(35)36/h13-16H,1-12,23-24H2,(H,25,29)(H,26,30)(H,27,32)(H,28,31)(H,33,34)(H,35,36)/t13-,14-,15?,16?/m0/s1. The topological polar surface area (TPSA) is 243 Å². The average Bonchev–Trinajstić information content (AvgIpc) is 2.82. The van der Waals surface area contributed by atoms with Crippen molar-refractivity contribution in [3.05, 3.63) is 0 Å². The van der Waals surface area contributed by atoms with Crippen molar-refractivity contribution >= 4 is 35.6 Å². The van der Waals surface area contributed by atoms with Gasteiger partial charge in [0.2, 0.25) is 23.6 Å². The normalized spacial score (nSPS) is 18.9. The van der Waals surface area contributed by atoms with Crippen molar-refractivity contribution in [1.82, 2.24) is 21.3 Å². The lowest BCUT2D eigenvalue weighted by molar-refractivity contribution is -0.139. The largest absolute Gasteiger partial charge is 0.480 e. The van der Waals surface area contributed by atoms with Crippen LogP contribution < -0.4 is 32.7 Å². The minimum absolute atomic E-state index is 0.0177. The zero-order valence-electron chi connectivity index (χ0n) is 20.3. The lowest BCUT2D eigenvalue weighted by Gasteiger charge is -2.29. The van der Waals surface area contributed by atoms with Crippen molar-refractivity contribution in [2.45, 2.75) is 88.4 Å². The maximum absolute atomic E-state index is 12.3. The molecule has 1 rings (SSSR count). The van der Waals surface area contributed by atoms with Gasteiger partial charge in [0, 0.05) is 25.9 Å². The van der Waals surface area contributed by atoms with Gasteiger partial charge in [-0.1, -0.05) is 0 Å². The Morgan fingerprint density at radius 1 is 0.722 bits per heavy atom. The highest BCUT2D eigenvalue weighted by Crippen LogP contribution is 2.10. The minimum Gasteiger partial charge on any atom is -0.480 e. The molecule has 1 aliphatic rings. The second-order valence-electron chi connectivity index (χ2n) is 8.78. The van der Waals surface area contributed by atoms with Crippen LogP contribution in [0.5, 0.6) is 0 Å². The molecule has 1 heterocycles. The highest BCUT2D eigenvalue weighted by Gasteiger charge is 2.32. The molecule has 4 atom stereocenters. The van der Waals surface area contributed by atoms with Crippen LogP contribution in [0.1, 0.15) is 64.2 Å². The van der Waals surface area contributed by atoms with Gasteiger partial charge in [-0.3, -0.25) is 28.8 Å². The molecule has 204 valence electrons. The molecular formula is C22H38N6O8. The van der Waals surface area contributed by atoms with E-state index in [1.165, 1.54) is 0 Å². The number of aliphatic carboxylic acids is 2. The molecule has 36 heavy (non-hydrogen) atoms. The van der Waals surface area contributed by atoms with Crippen molar-refractivity contribution in [2.75, 3.05) is 13.1 Å². The van der Waals surface area contributed by atoms with Gasteiger partial charge >= 0.3 is 11.9 Å². The Morgan fingerprint density at radius 2 is 1.08 bits per heavy atom. The Labute approximate surface area is 209 Å². The maximum Gasteiger partial charge on any atom is 0.320 e. The number of carbonyl (C=O) groups excluding carboxylic acids is 4. The fourth-order valence-electron chi connectivity index (χ4n) is 3.48. The molecule has 4 amide bonds. The summed E-state index contributed by atoms with van der Waals surface area (Å²) in [6.45, 7) is 0.740. The van der Waals surface area contributed by atoms with Crippen molar-refractivity contribution in [3.8, 4) is 0 Å². The van der Waals surface area contributed by atoms with Crippen LogP contribution in [0, 0.1) is 0 Å². The number of piperazine rings is 1. The van der Waals surface area contributed by atoms with Gasteiger partial charge in [0.1, 0.15) is 24.2 Å². The van der Waals surface area contributed by atoms with E-state index in [0.717, 1.165) is 0 Å². The predicted molar refractivity (Wildman–Crippen MR) is 127 cm³/mol. The first kappa shape index (κ1) is 30.8. The molecule has 0 radical (unpaired) electrons. The quantitative estimate of drug-likeness (QED) is 0.0928. The third-order valence-electron chi connectivity index (χ3n) is 5.75. The molecular weight excluding hydrogens is 476 g/mol. The summed E-state index contributed by atoms with van der Waals surface area (Å²) in [4.78, 5) is 69.3. The van der Waals surface area contributed by atoms with Crippen LogP contribution in [-0.4, -0.2) is 83.0 Å². The lowest BCUT2D eigenvalue weighted by Crippen LogP contribution is -2.61. The van der Waals surface area contributed by atoms with E-state index in [1.54, 1.807) is 0 Å². The van der Waals surface area contributed by atoms with Crippen LogP contribution in [0.3, 0.4) is 0 Å². The number of hydrogen-bond donors (Lipinski definition) is 8. The zero-order chi connectivity index (χ0) is 27.1. The van der Waals surface area contributed by atoms with Crippen LogP contribution in [0.2, 0.25) is 0 Å². The molecule has 14 nitrogen and oxygen atoms in total. The van der Waals surface area contributed by atoms with Crippen LogP contribution in [0.4, 0.5) is 0 Å². The number of carboxylic acid groups (broad SMARTS) is 2. The van der Waals surface area contributed by atoms with Crippen LogP contribution in [-0.2, 0) is 28.8 Å². The summed E-state index contributed by atoms with van der Waals surface area (Å²) < 4.78 is 0. The van der Waals surface area contributed by atoms with Gasteiger partial charge < -0.3 is 42.9 Å². The fourth-order valence-corrected chi connectivity index (χ4v) is 3.48. The highest BCUT2D eigenvalue weighted by atomic mass is 16.4. The summed E-state index contributed by atoms with van der Waals surface area (Å²) in [5.41, 5.74) is 10.7. The van der Waals surface area contributed by atoms with Gasteiger partial charge in [-0.2, -0.15) is 0 Å². The molecule has 0 bridgehead atoms. The molecule has 0 aliphatic carbocycles. The number of hydrogen-bond acceptors (Lipinski definition) is 8. The molecule has 0 aromatic carbocycles. The number of unbranched alkanes of at least 4 members (excludes halogenated alkanes) is 2. The second-order valence-corrected chi connectivity index (χ2v) is 8.78. The van der Waals surface area contributed by atoms with Gasteiger partial charge in [-0.05, 0) is 51.4 Å². The first-order valence-corrected chi connectivity index (χ1v) is 12.1. The third-order valence-corrected chi connectivity index (χ3v) is 5.75. The van der Waals surface area contributed by atoms with E-state index in [9.17, 15) is 28.8 Å². The number of carboxylic acids is 2. The minimum atomic E-state index is -1.15.